The SMILES string of the molecule is O=C(O)c1ccc(-c2ccccc2-c2cc(-c3ccccc3-c3ccc(C(=O)O)nc3)cc(-c3ccccc3-c3cnc(-c4[c-]cc(F)cc4)cc3-c3ccc(-c4ccccc4)cc3)c2)cn1.[Ir]. The number of carbonyl (C=O) groups is 2. The molecule has 7 aromatic carbocycles. The largest absolute Gasteiger partial charge is 0.477 e. The zero-order valence-corrected chi connectivity index (χ0v) is 38.4. The third kappa shape index (κ3) is 9.17. The third-order valence-electron chi connectivity index (χ3n) is 11.8. The van der Waals surface area contributed by atoms with E-state index in [1.54, 1.807) is 30.6 Å². The molecule has 0 unspecified atom stereocenters. The van der Waals surface area contributed by atoms with Gasteiger partial charge in [-0.05, 0) is 108 Å². The summed E-state index contributed by atoms with van der Waals surface area (Å²) in [5.74, 6) is -2.58. The van der Waals surface area contributed by atoms with Crippen molar-refractivity contribution in [1.29, 1.82) is 0 Å². The number of aromatic carboxylic acids is 2. The maximum absolute atomic E-state index is 14.1. The van der Waals surface area contributed by atoms with Crippen molar-refractivity contribution in [3.05, 3.63) is 236 Å². The van der Waals surface area contributed by atoms with Gasteiger partial charge in [-0.15, -0.1) is 29.8 Å². The van der Waals surface area contributed by atoms with Gasteiger partial charge in [0.2, 0.25) is 0 Å². The van der Waals surface area contributed by atoms with Crippen LogP contribution in [0.5, 0.6) is 0 Å². The minimum absolute atomic E-state index is 0. The molecule has 0 bridgehead atoms. The predicted octanol–water partition coefficient (Wildman–Crippen LogP) is 14.2. The summed E-state index contributed by atoms with van der Waals surface area (Å²) in [6.07, 6.45) is 5.04. The first-order chi connectivity index (χ1) is 32.8. The van der Waals surface area contributed by atoms with Gasteiger partial charge in [-0.1, -0.05) is 146 Å². The van der Waals surface area contributed by atoms with Gasteiger partial charge in [0, 0.05) is 61.2 Å². The van der Waals surface area contributed by atoms with Crippen LogP contribution >= 0.6 is 0 Å². The van der Waals surface area contributed by atoms with Crippen molar-refractivity contribution in [2.75, 3.05) is 0 Å². The van der Waals surface area contributed by atoms with Gasteiger partial charge < -0.3 is 15.2 Å². The van der Waals surface area contributed by atoms with E-state index in [2.05, 4.69) is 82.8 Å². The molecule has 10 rings (SSSR count). The molecular weight excluding hydrogens is 1030 g/mol. The first-order valence-electron chi connectivity index (χ1n) is 21.4. The van der Waals surface area contributed by atoms with E-state index in [0.717, 1.165) is 89.0 Å². The maximum Gasteiger partial charge on any atom is 0.354 e. The van der Waals surface area contributed by atoms with Gasteiger partial charge >= 0.3 is 11.9 Å². The summed E-state index contributed by atoms with van der Waals surface area (Å²) in [5, 5.41) is 19.2. The molecule has 0 atom stereocenters. The second kappa shape index (κ2) is 19.5. The van der Waals surface area contributed by atoms with Crippen molar-refractivity contribution in [2.24, 2.45) is 0 Å². The first kappa shape index (κ1) is 44.7. The molecule has 2 N–H and O–H groups in total. The molecule has 0 saturated heterocycles. The zero-order chi connectivity index (χ0) is 45.9. The van der Waals surface area contributed by atoms with Crippen molar-refractivity contribution in [3.63, 3.8) is 0 Å². The molecule has 0 fully saturated rings. The van der Waals surface area contributed by atoms with E-state index >= 15 is 0 Å². The quantitative estimate of drug-likeness (QED) is 0.124. The molecular formula is C59H37FIrN3O4-. The summed E-state index contributed by atoms with van der Waals surface area (Å²) in [6, 6.07) is 65.3. The number of nitrogens with zero attached hydrogens (tertiary/aromatic N) is 3. The van der Waals surface area contributed by atoms with Crippen LogP contribution < -0.4 is 0 Å². The zero-order valence-electron chi connectivity index (χ0n) is 36.0. The fraction of sp³-hybridized carbons (Fsp3) is 0. The van der Waals surface area contributed by atoms with E-state index in [1.807, 2.05) is 91.1 Å². The van der Waals surface area contributed by atoms with Crippen molar-refractivity contribution in [2.45, 2.75) is 0 Å². The number of benzene rings is 7. The number of pyridine rings is 3. The summed E-state index contributed by atoms with van der Waals surface area (Å²) in [7, 11) is 0. The van der Waals surface area contributed by atoms with Crippen molar-refractivity contribution >= 4 is 11.9 Å². The molecule has 0 amide bonds. The van der Waals surface area contributed by atoms with Crippen LogP contribution in [0.15, 0.2) is 213 Å². The van der Waals surface area contributed by atoms with Crippen molar-refractivity contribution in [3.8, 4) is 100 Å². The molecule has 0 aliphatic carbocycles. The van der Waals surface area contributed by atoms with Gasteiger partial charge in [-0.2, -0.15) is 0 Å². The summed E-state index contributed by atoms with van der Waals surface area (Å²) in [4.78, 5) is 36.9. The third-order valence-corrected chi connectivity index (χ3v) is 11.8. The number of carboxylic acids is 2. The number of carboxylic acid groups (broad SMARTS) is 2. The first-order valence-corrected chi connectivity index (χ1v) is 21.4. The van der Waals surface area contributed by atoms with Crippen LogP contribution in [0.3, 0.4) is 0 Å². The molecule has 9 heteroatoms. The minimum Gasteiger partial charge on any atom is -0.477 e. The smallest absolute Gasteiger partial charge is 0.354 e. The average molecular weight is 1060 g/mol. The number of hydrogen-bond donors (Lipinski definition) is 2. The van der Waals surface area contributed by atoms with E-state index in [1.165, 1.54) is 24.3 Å². The standard InChI is InChI=1S/C59H37FN3O4.Ir/c60-46-26-22-40(23-27-46)57-33-53(39-20-18-38(19-21-39)37-10-2-1-3-11-37)54(36-63-57)52-17-9-8-16-51(52)45-31-43(49-14-6-4-12-47(49)41-24-28-55(58(64)65)61-34-41)30-44(32-45)50-15-7-5-13-48(50)42-25-29-56(59(66)67)62-35-42;/h1-22,24-36H,(H,64,65)(H,66,67);/q-1;. The molecule has 0 aliphatic rings. The number of aromatic nitrogens is 3. The number of halogens is 1. The molecule has 0 spiro atoms. The number of hydrogen-bond acceptors (Lipinski definition) is 5. The monoisotopic (exact) mass is 1060 g/mol. The van der Waals surface area contributed by atoms with Crippen LogP contribution in [0.2, 0.25) is 0 Å². The van der Waals surface area contributed by atoms with E-state index in [4.69, 9.17) is 4.98 Å². The second-order valence-corrected chi connectivity index (χ2v) is 15.9. The topological polar surface area (TPSA) is 113 Å². The van der Waals surface area contributed by atoms with Gasteiger partial charge in [-0.3, -0.25) is 4.39 Å². The van der Waals surface area contributed by atoms with Gasteiger partial charge in [0.15, 0.2) is 0 Å². The molecule has 3 heterocycles. The van der Waals surface area contributed by atoms with Crippen LogP contribution in [0.4, 0.5) is 4.39 Å². The summed E-state index contributed by atoms with van der Waals surface area (Å²) in [6.45, 7) is 0. The Balaban J connectivity index is 0.00000578. The van der Waals surface area contributed by atoms with Crippen LogP contribution in [0.1, 0.15) is 21.0 Å². The van der Waals surface area contributed by atoms with Crippen LogP contribution in [0.25, 0.3) is 100 Å². The fourth-order valence-electron chi connectivity index (χ4n) is 8.49. The van der Waals surface area contributed by atoms with Crippen LogP contribution in [-0.4, -0.2) is 37.1 Å². The van der Waals surface area contributed by atoms with Crippen LogP contribution in [0, 0.1) is 11.9 Å². The molecule has 10 aromatic rings. The van der Waals surface area contributed by atoms with E-state index in [9.17, 15) is 24.2 Å². The Morgan fingerprint density at radius 2 is 0.809 bits per heavy atom. The Labute approximate surface area is 405 Å². The van der Waals surface area contributed by atoms with Crippen molar-refractivity contribution < 1.29 is 44.3 Å². The predicted molar refractivity (Wildman–Crippen MR) is 261 cm³/mol. The van der Waals surface area contributed by atoms with Gasteiger partial charge in [0.1, 0.15) is 11.4 Å². The molecule has 329 valence electrons. The average Bonchev–Trinajstić information content (AvgIpc) is 3.39. The van der Waals surface area contributed by atoms with E-state index in [0.29, 0.717) is 11.3 Å². The molecule has 1 radical (unpaired) electrons. The maximum atomic E-state index is 14.1. The van der Waals surface area contributed by atoms with E-state index < -0.39 is 11.9 Å². The summed E-state index contributed by atoms with van der Waals surface area (Å²) < 4.78 is 14.1. The Morgan fingerprint density at radius 1 is 0.382 bits per heavy atom. The summed E-state index contributed by atoms with van der Waals surface area (Å²) in [5.41, 5.74) is 15.8. The Kier molecular flexibility index (Phi) is 12.8. The normalized spacial score (nSPS) is 10.8. The van der Waals surface area contributed by atoms with Crippen molar-refractivity contribution in [1.82, 2.24) is 15.0 Å². The Morgan fingerprint density at radius 3 is 1.26 bits per heavy atom. The fourth-order valence-corrected chi connectivity index (χ4v) is 8.49. The van der Waals surface area contributed by atoms with E-state index in [-0.39, 0.29) is 37.3 Å². The summed E-state index contributed by atoms with van der Waals surface area (Å²) >= 11 is 0. The second-order valence-electron chi connectivity index (χ2n) is 15.9. The molecule has 0 saturated carbocycles. The molecule has 0 aliphatic heterocycles. The van der Waals surface area contributed by atoms with Gasteiger partial charge in [0.25, 0.3) is 0 Å². The minimum atomic E-state index is -1.10. The van der Waals surface area contributed by atoms with Crippen LogP contribution in [-0.2, 0) is 20.1 Å². The Hall–Kier alpha value is -8.49. The molecule has 68 heavy (non-hydrogen) atoms. The van der Waals surface area contributed by atoms with Gasteiger partial charge in [-0.25, -0.2) is 19.6 Å². The Bertz CT molecular complexity index is 3340. The molecule has 7 nitrogen and oxygen atoms in total. The molecule has 3 aromatic heterocycles. The number of rotatable bonds is 11. The van der Waals surface area contributed by atoms with Gasteiger partial charge in [0.05, 0.1) is 0 Å².